The third-order valence-electron chi connectivity index (χ3n) is 4.75. The summed E-state index contributed by atoms with van der Waals surface area (Å²) in [5, 5.41) is 0. The van der Waals surface area contributed by atoms with Gasteiger partial charge in [0.1, 0.15) is 0 Å². The first kappa shape index (κ1) is 16.9. The molecule has 0 amide bonds. The molecule has 23 heavy (non-hydrogen) atoms. The number of nitrogens with zero attached hydrogens (tertiary/aromatic N) is 3. The monoisotopic (exact) mass is 362 g/mol. The van der Waals surface area contributed by atoms with Gasteiger partial charge >= 0.3 is 0 Å². The SMILES string of the molecule is CCS(=O)(=O)N1CCN(Cc2nc[nH]c2C)[C@@H]2CS(=O)(=O)C[C@@H]21. The third kappa shape index (κ3) is 3.17. The van der Waals surface area contributed by atoms with Gasteiger partial charge in [0.25, 0.3) is 0 Å². The van der Waals surface area contributed by atoms with E-state index in [4.69, 9.17) is 0 Å². The Bertz CT molecular complexity index is 787. The van der Waals surface area contributed by atoms with Crippen molar-refractivity contribution in [2.24, 2.45) is 0 Å². The average Bonchev–Trinajstić information content (AvgIpc) is 3.01. The second-order valence-corrected chi connectivity index (χ2v) is 10.5. The van der Waals surface area contributed by atoms with E-state index in [9.17, 15) is 16.8 Å². The van der Waals surface area contributed by atoms with E-state index < -0.39 is 25.9 Å². The van der Waals surface area contributed by atoms with Gasteiger partial charge in [-0.15, -0.1) is 0 Å². The second kappa shape index (κ2) is 5.83. The van der Waals surface area contributed by atoms with Crippen LogP contribution in [0, 0.1) is 6.92 Å². The Morgan fingerprint density at radius 1 is 1.30 bits per heavy atom. The van der Waals surface area contributed by atoms with Gasteiger partial charge in [-0.1, -0.05) is 0 Å². The number of sulfone groups is 1. The fourth-order valence-electron chi connectivity index (χ4n) is 3.44. The molecule has 2 aliphatic rings. The number of aromatic amines is 1. The molecule has 0 spiro atoms. The highest BCUT2D eigenvalue weighted by Crippen LogP contribution is 2.30. The molecule has 0 saturated carbocycles. The van der Waals surface area contributed by atoms with Crippen LogP contribution in [-0.2, 0) is 26.4 Å². The van der Waals surface area contributed by atoms with Crippen LogP contribution in [0.3, 0.4) is 0 Å². The van der Waals surface area contributed by atoms with Crippen LogP contribution in [0.15, 0.2) is 6.33 Å². The number of fused-ring (bicyclic) bond motifs is 1. The zero-order valence-electron chi connectivity index (χ0n) is 13.3. The largest absolute Gasteiger partial charge is 0.348 e. The van der Waals surface area contributed by atoms with E-state index in [-0.39, 0.29) is 23.3 Å². The first-order chi connectivity index (χ1) is 10.7. The molecule has 0 aromatic carbocycles. The van der Waals surface area contributed by atoms with Crippen molar-refractivity contribution >= 4 is 19.9 Å². The van der Waals surface area contributed by atoms with Crippen molar-refractivity contribution in [1.82, 2.24) is 19.2 Å². The number of sulfonamides is 1. The van der Waals surface area contributed by atoms with E-state index in [0.29, 0.717) is 19.6 Å². The van der Waals surface area contributed by atoms with Gasteiger partial charge in [-0.05, 0) is 13.8 Å². The van der Waals surface area contributed by atoms with Crippen LogP contribution in [-0.4, -0.2) is 78.4 Å². The predicted molar refractivity (Wildman–Crippen MR) is 86.1 cm³/mol. The summed E-state index contributed by atoms with van der Waals surface area (Å²) in [6, 6.07) is -0.788. The minimum Gasteiger partial charge on any atom is -0.348 e. The van der Waals surface area contributed by atoms with Gasteiger partial charge < -0.3 is 4.98 Å². The first-order valence-corrected chi connectivity index (χ1v) is 11.1. The van der Waals surface area contributed by atoms with Crippen molar-refractivity contribution in [3.05, 3.63) is 17.7 Å². The summed E-state index contributed by atoms with van der Waals surface area (Å²) in [4.78, 5) is 9.34. The molecule has 130 valence electrons. The normalized spacial score (nSPS) is 28.8. The van der Waals surface area contributed by atoms with E-state index in [1.165, 1.54) is 4.31 Å². The van der Waals surface area contributed by atoms with Gasteiger partial charge in [0.05, 0.1) is 35.3 Å². The van der Waals surface area contributed by atoms with Crippen LogP contribution < -0.4 is 0 Å². The Morgan fingerprint density at radius 3 is 2.61 bits per heavy atom. The summed E-state index contributed by atoms with van der Waals surface area (Å²) >= 11 is 0. The van der Waals surface area contributed by atoms with Crippen LogP contribution in [0.4, 0.5) is 0 Å². The topological polar surface area (TPSA) is 103 Å². The van der Waals surface area contributed by atoms with Gasteiger partial charge in [0, 0.05) is 31.4 Å². The van der Waals surface area contributed by atoms with Crippen LogP contribution in [0.2, 0.25) is 0 Å². The standard InChI is InChI=1S/C13H22N4O4S2/c1-3-23(20,21)17-5-4-16(6-11-10(2)14-9-15-11)12-7-22(18,19)8-13(12)17/h9,12-13H,3-8H2,1-2H3,(H,14,15)/t12-,13+/m1/s1. The lowest BCUT2D eigenvalue weighted by atomic mass is 10.1. The molecule has 1 aromatic rings. The van der Waals surface area contributed by atoms with Crippen molar-refractivity contribution in [1.29, 1.82) is 0 Å². The molecule has 2 atom stereocenters. The Kier molecular flexibility index (Phi) is 4.28. The van der Waals surface area contributed by atoms with Crippen molar-refractivity contribution in [2.75, 3.05) is 30.3 Å². The number of hydrogen-bond acceptors (Lipinski definition) is 6. The molecule has 2 fully saturated rings. The highest BCUT2D eigenvalue weighted by molar-refractivity contribution is 7.92. The summed E-state index contributed by atoms with van der Waals surface area (Å²) in [7, 11) is -6.63. The minimum absolute atomic E-state index is 0.00522. The summed E-state index contributed by atoms with van der Waals surface area (Å²) in [5.41, 5.74) is 1.82. The first-order valence-electron chi connectivity index (χ1n) is 7.66. The molecule has 2 saturated heterocycles. The number of piperazine rings is 1. The van der Waals surface area contributed by atoms with Gasteiger partial charge in [-0.25, -0.2) is 21.8 Å². The molecule has 0 radical (unpaired) electrons. The van der Waals surface area contributed by atoms with Gasteiger partial charge in [-0.3, -0.25) is 4.90 Å². The number of aryl methyl sites for hydroxylation is 1. The maximum Gasteiger partial charge on any atom is 0.214 e. The van der Waals surface area contributed by atoms with Crippen LogP contribution in [0.25, 0.3) is 0 Å². The number of imidazole rings is 1. The zero-order chi connectivity index (χ0) is 16.8. The van der Waals surface area contributed by atoms with Gasteiger partial charge in [-0.2, -0.15) is 4.31 Å². The molecule has 1 N–H and O–H groups in total. The Hall–Kier alpha value is -0.970. The quantitative estimate of drug-likeness (QED) is 0.763. The molecular formula is C13H22N4O4S2. The fraction of sp³-hybridized carbons (Fsp3) is 0.769. The van der Waals surface area contributed by atoms with Crippen LogP contribution in [0.5, 0.6) is 0 Å². The zero-order valence-corrected chi connectivity index (χ0v) is 14.9. The highest BCUT2D eigenvalue weighted by Gasteiger charge is 2.49. The summed E-state index contributed by atoms with van der Waals surface area (Å²) in [6.07, 6.45) is 1.62. The lowest BCUT2D eigenvalue weighted by Gasteiger charge is -2.42. The van der Waals surface area contributed by atoms with E-state index in [1.54, 1.807) is 13.3 Å². The van der Waals surface area contributed by atoms with Crippen molar-refractivity contribution < 1.29 is 16.8 Å². The van der Waals surface area contributed by atoms with Crippen molar-refractivity contribution in [3.8, 4) is 0 Å². The lowest BCUT2D eigenvalue weighted by Crippen LogP contribution is -2.60. The lowest BCUT2D eigenvalue weighted by molar-refractivity contribution is 0.0880. The van der Waals surface area contributed by atoms with Crippen molar-refractivity contribution in [3.63, 3.8) is 0 Å². The molecule has 1 aromatic heterocycles. The number of aromatic nitrogens is 2. The third-order valence-corrected chi connectivity index (χ3v) is 8.35. The van der Waals surface area contributed by atoms with Crippen LogP contribution in [0.1, 0.15) is 18.3 Å². The molecule has 3 heterocycles. The van der Waals surface area contributed by atoms with E-state index in [1.807, 2.05) is 6.92 Å². The molecule has 0 bridgehead atoms. The molecule has 8 nitrogen and oxygen atoms in total. The number of rotatable bonds is 4. The summed E-state index contributed by atoms with van der Waals surface area (Å²) in [5.74, 6) is -0.0848. The number of hydrogen-bond donors (Lipinski definition) is 1. The molecule has 10 heteroatoms. The molecular weight excluding hydrogens is 340 g/mol. The van der Waals surface area contributed by atoms with Crippen molar-refractivity contribution in [2.45, 2.75) is 32.5 Å². The fourth-order valence-corrected chi connectivity index (χ4v) is 6.86. The Balaban J connectivity index is 1.88. The van der Waals surface area contributed by atoms with Gasteiger partial charge in [0.2, 0.25) is 10.0 Å². The second-order valence-electron chi connectivity index (χ2n) is 6.17. The van der Waals surface area contributed by atoms with Gasteiger partial charge in [0.15, 0.2) is 9.84 Å². The Morgan fingerprint density at radius 2 is 2.00 bits per heavy atom. The smallest absolute Gasteiger partial charge is 0.214 e. The predicted octanol–water partition coefficient (Wildman–Crippen LogP) is -0.649. The summed E-state index contributed by atoms with van der Waals surface area (Å²) < 4.78 is 50.2. The minimum atomic E-state index is -3.40. The van der Waals surface area contributed by atoms with E-state index >= 15 is 0 Å². The van der Waals surface area contributed by atoms with Crippen LogP contribution >= 0.6 is 0 Å². The maximum absolute atomic E-state index is 12.3. The maximum atomic E-state index is 12.3. The number of H-pyrrole nitrogens is 1. The average molecular weight is 362 g/mol. The Labute approximate surface area is 136 Å². The van der Waals surface area contributed by atoms with E-state index in [0.717, 1.165) is 11.4 Å². The summed E-state index contributed by atoms with van der Waals surface area (Å²) in [6.45, 7) is 4.89. The molecule has 3 rings (SSSR count). The molecule has 0 unspecified atom stereocenters. The van der Waals surface area contributed by atoms with E-state index in [2.05, 4.69) is 14.9 Å². The molecule has 0 aliphatic carbocycles. The highest BCUT2D eigenvalue weighted by atomic mass is 32.2. The number of nitrogens with one attached hydrogen (secondary N) is 1. The molecule has 2 aliphatic heterocycles.